The summed E-state index contributed by atoms with van der Waals surface area (Å²) in [5.41, 5.74) is 0.312. The molecule has 4 atom stereocenters. The number of nitrogens with one attached hydrogen (secondary N) is 2. The van der Waals surface area contributed by atoms with Gasteiger partial charge in [-0.25, -0.2) is 12.8 Å². The Morgan fingerprint density at radius 2 is 1.74 bits per heavy atom. The molecule has 2 fully saturated rings. The maximum Gasteiger partial charge on any atom is 0.243 e. The van der Waals surface area contributed by atoms with Gasteiger partial charge in [0.25, 0.3) is 0 Å². The van der Waals surface area contributed by atoms with E-state index in [0.29, 0.717) is 28.3 Å². The van der Waals surface area contributed by atoms with Crippen molar-refractivity contribution in [1.82, 2.24) is 14.0 Å². The summed E-state index contributed by atoms with van der Waals surface area (Å²) in [6.45, 7) is 5.60. The smallest absolute Gasteiger partial charge is 0.243 e. The van der Waals surface area contributed by atoms with E-state index in [1.807, 2.05) is 32.9 Å². The third-order valence-corrected chi connectivity index (χ3v) is 13.3. The van der Waals surface area contributed by atoms with Gasteiger partial charge in [-0.05, 0) is 110 Å². The maximum atomic E-state index is 15.6. The Hall–Kier alpha value is -3.10. The number of hydrogen-bond donors (Lipinski definition) is 2. The highest BCUT2D eigenvalue weighted by atomic mass is 35.5. The minimum absolute atomic E-state index is 0.0192. The van der Waals surface area contributed by atoms with Crippen LogP contribution in [0.2, 0.25) is 5.02 Å². The number of methoxy groups -OCH3 is 1. The van der Waals surface area contributed by atoms with Gasteiger partial charge in [-0.3, -0.25) is 9.78 Å². The number of anilines is 1. The second-order valence-electron chi connectivity index (χ2n) is 14.1. The van der Waals surface area contributed by atoms with Crippen molar-refractivity contribution >= 4 is 55.4 Å². The van der Waals surface area contributed by atoms with Crippen molar-refractivity contribution in [1.29, 1.82) is 0 Å². The molecule has 2 aliphatic rings. The van der Waals surface area contributed by atoms with Crippen LogP contribution in [0, 0.1) is 11.7 Å². The molecule has 50 heavy (non-hydrogen) atoms. The predicted molar refractivity (Wildman–Crippen MR) is 195 cm³/mol. The van der Waals surface area contributed by atoms with Crippen molar-refractivity contribution in [3.63, 3.8) is 0 Å². The molecule has 6 rings (SSSR count). The number of ether oxygens (including phenoxy) is 1. The number of rotatable bonds is 12. The van der Waals surface area contributed by atoms with Crippen molar-refractivity contribution in [3.8, 4) is 0 Å². The zero-order valence-corrected chi connectivity index (χ0v) is 30.9. The van der Waals surface area contributed by atoms with Gasteiger partial charge in [0, 0.05) is 48.9 Å². The third kappa shape index (κ3) is 7.72. The van der Waals surface area contributed by atoms with E-state index in [-0.39, 0.29) is 23.5 Å². The summed E-state index contributed by atoms with van der Waals surface area (Å²) in [5.74, 6) is -0.825. The Labute approximate surface area is 301 Å². The SMILES string of the molecule is CO[C@@H]1C[C@H](C(=O)Nc2cc(C(CCC3CC3)(N[S+]([O-])C(C)(C)C)c3ccncc3)ccc2F)N(S(=O)(=O)c2ccc3cc(Cl)ccc3c2)C1. The van der Waals surface area contributed by atoms with Gasteiger partial charge in [0.15, 0.2) is 0 Å². The van der Waals surface area contributed by atoms with E-state index in [0.717, 1.165) is 34.5 Å². The Balaban J connectivity index is 1.35. The summed E-state index contributed by atoms with van der Waals surface area (Å²) in [6.07, 6.45) is 6.54. The van der Waals surface area contributed by atoms with Crippen LogP contribution in [0.5, 0.6) is 0 Å². The number of sulfonamides is 1. The average Bonchev–Trinajstić information content (AvgIpc) is 3.82. The second kappa shape index (κ2) is 14.5. The molecule has 0 spiro atoms. The van der Waals surface area contributed by atoms with E-state index in [2.05, 4.69) is 15.0 Å². The number of amides is 1. The van der Waals surface area contributed by atoms with Crippen molar-refractivity contribution in [3.05, 3.63) is 101 Å². The lowest BCUT2D eigenvalue weighted by Crippen LogP contribution is -2.52. The van der Waals surface area contributed by atoms with Gasteiger partial charge in [0.05, 0.1) is 16.7 Å². The Bertz CT molecular complexity index is 1980. The number of halogens is 2. The van der Waals surface area contributed by atoms with Gasteiger partial charge in [-0.2, -0.15) is 4.31 Å². The predicted octanol–water partition coefficient (Wildman–Crippen LogP) is 6.93. The molecule has 3 aromatic carbocycles. The zero-order valence-electron chi connectivity index (χ0n) is 28.5. The fraction of sp³-hybridized carbons (Fsp3) is 0.405. The third-order valence-electron chi connectivity index (χ3n) is 9.57. The molecule has 1 aromatic heterocycles. The van der Waals surface area contributed by atoms with E-state index in [1.54, 1.807) is 54.9 Å². The van der Waals surface area contributed by atoms with Gasteiger partial charge in [0.2, 0.25) is 15.9 Å². The van der Waals surface area contributed by atoms with E-state index in [4.69, 9.17) is 16.3 Å². The second-order valence-corrected chi connectivity index (χ2v) is 18.4. The van der Waals surface area contributed by atoms with Crippen molar-refractivity contribution in [2.75, 3.05) is 19.0 Å². The molecule has 266 valence electrons. The lowest BCUT2D eigenvalue weighted by molar-refractivity contribution is -0.119. The number of pyridine rings is 1. The molecule has 1 saturated heterocycles. The zero-order chi connectivity index (χ0) is 35.8. The van der Waals surface area contributed by atoms with Gasteiger partial charge in [-0.1, -0.05) is 42.6 Å². The summed E-state index contributed by atoms with van der Waals surface area (Å²) in [7, 11) is -2.70. The summed E-state index contributed by atoms with van der Waals surface area (Å²) >= 11 is 4.60. The number of hydrogen-bond acceptors (Lipinski definition) is 7. The normalized spacial score (nSPS) is 20.5. The van der Waals surface area contributed by atoms with Crippen LogP contribution in [-0.4, -0.2) is 58.7 Å². The molecule has 0 bridgehead atoms. The summed E-state index contributed by atoms with van der Waals surface area (Å²) in [5, 5.41) is 4.69. The number of benzene rings is 3. The van der Waals surface area contributed by atoms with Crippen LogP contribution in [0.4, 0.5) is 10.1 Å². The molecule has 2 heterocycles. The number of carbonyl (C=O) groups excluding carboxylic acids is 1. The molecular formula is C37H42ClFN4O5S2. The maximum absolute atomic E-state index is 15.6. The van der Waals surface area contributed by atoms with E-state index >= 15 is 4.39 Å². The topological polar surface area (TPSA) is 124 Å². The number of fused-ring (bicyclic) bond motifs is 1. The van der Waals surface area contributed by atoms with Gasteiger partial charge < -0.3 is 14.6 Å². The monoisotopic (exact) mass is 740 g/mol. The van der Waals surface area contributed by atoms with Crippen LogP contribution in [0.1, 0.15) is 64.0 Å². The highest BCUT2D eigenvalue weighted by Crippen LogP contribution is 2.43. The standard InChI is InChI=1S/C37H42ClFN4O5S2/c1-36(2,3)49(45)42-37(16-13-24-5-6-24,27-14-17-40-18-15-27)28-9-12-32(39)33(21-28)41-35(44)34-22-30(48-4)23-43(34)50(46,47)31-11-8-25-19-29(38)10-7-26(25)20-31/h7-12,14-15,17-21,24,30,34,42H,5-6,13,16,22-23H2,1-4H3,(H,41,44)/t30-,34-,37?,49?/m1/s1. The number of carbonyl (C=O) groups is 1. The Morgan fingerprint density at radius 3 is 2.42 bits per heavy atom. The Morgan fingerprint density at radius 1 is 1.04 bits per heavy atom. The number of aromatic nitrogens is 1. The summed E-state index contributed by atoms with van der Waals surface area (Å²) in [6, 6.07) is 16.9. The quantitative estimate of drug-likeness (QED) is 0.151. The molecular weight excluding hydrogens is 699 g/mol. The van der Waals surface area contributed by atoms with Crippen LogP contribution in [0.3, 0.4) is 0 Å². The summed E-state index contributed by atoms with van der Waals surface area (Å²) in [4.78, 5) is 18.2. The van der Waals surface area contributed by atoms with E-state index in [1.165, 1.54) is 19.2 Å². The van der Waals surface area contributed by atoms with Crippen LogP contribution < -0.4 is 10.0 Å². The molecule has 1 aliphatic carbocycles. The van der Waals surface area contributed by atoms with Crippen LogP contribution in [-0.2, 0) is 36.5 Å². The largest absolute Gasteiger partial charge is 0.598 e. The van der Waals surface area contributed by atoms with Gasteiger partial charge in [0.1, 0.15) is 22.1 Å². The molecule has 9 nitrogen and oxygen atoms in total. The minimum Gasteiger partial charge on any atom is -0.598 e. The highest BCUT2D eigenvalue weighted by molar-refractivity contribution is 7.90. The molecule has 2 unspecified atom stereocenters. The molecule has 1 saturated carbocycles. The fourth-order valence-electron chi connectivity index (χ4n) is 6.44. The highest BCUT2D eigenvalue weighted by Gasteiger charge is 2.46. The number of nitrogens with zero attached hydrogens (tertiary/aromatic N) is 2. The Kier molecular flexibility index (Phi) is 10.6. The molecule has 2 N–H and O–H groups in total. The van der Waals surface area contributed by atoms with E-state index < -0.39 is 55.5 Å². The van der Waals surface area contributed by atoms with Crippen LogP contribution in [0.25, 0.3) is 10.8 Å². The molecule has 0 radical (unpaired) electrons. The average molecular weight is 741 g/mol. The first kappa shape index (κ1) is 36.7. The van der Waals surface area contributed by atoms with Crippen LogP contribution >= 0.6 is 11.6 Å². The first-order chi connectivity index (χ1) is 23.7. The fourth-order valence-corrected chi connectivity index (χ4v) is 9.24. The molecule has 1 aliphatic heterocycles. The molecule has 1 amide bonds. The molecule has 4 aromatic rings. The van der Waals surface area contributed by atoms with Crippen LogP contribution in [0.15, 0.2) is 84.0 Å². The lowest BCUT2D eigenvalue weighted by atomic mass is 9.79. The van der Waals surface area contributed by atoms with Gasteiger partial charge >= 0.3 is 0 Å². The van der Waals surface area contributed by atoms with Crippen molar-refractivity contribution < 1.29 is 26.9 Å². The molecule has 13 heteroatoms. The van der Waals surface area contributed by atoms with Gasteiger partial charge in [-0.15, -0.1) is 4.72 Å². The first-order valence-electron chi connectivity index (χ1n) is 16.7. The summed E-state index contributed by atoms with van der Waals surface area (Å²) < 4.78 is 66.9. The van der Waals surface area contributed by atoms with E-state index in [9.17, 15) is 17.8 Å². The minimum atomic E-state index is -4.17. The van der Waals surface area contributed by atoms with Crippen molar-refractivity contribution in [2.45, 2.75) is 80.2 Å². The lowest BCUT2D eigenvalue weighted by Gasteiger charge is -2.39. The van der Waals surface area contributed by atoms with Crippen molar-refractivity contribution in [2.24, 2.45) is 5.92 Å². The first-order valence-corrected chi connectivity index (χ1v) is 19.6.